The molecule has 0 aliphatic heterocycles. The Balaban J connectivity index is 1.59. The Morgan fingerprint density at radius 3 is 2.58 bits per heavy atom. The van der Waals surface area contributed by atoms with Crippen LogP contribution in [0.1, 0.15) is 5.56 Å². The molecule has 2 N–H and O–H groups in total. The molecular formula is C16H13F2N5S. The molecule has 3 aromatic rings. The number of anilines is 2. The van der Waals surface area contributed by atoms with Crippen molar-refractivity contribution in [2.45, 2.75) is 6.54 Å². The van der Waals surface area contributed by atoms with Gasteiger partial charge in [-0.15, -0.1) is 5.10 Å². The summed E-state index contributed by atoms with van der Waals surface area (Å²) in [5, 5.41) is 10.1. The Morgan fingerprint density at radius 2 is 1.83 bits per heavy atom. The Labute approximate surface area is 142 Å². The lowest BCUT2D eigenvalue weighted by molar-refractivity contribution is 0.624. The first kappa shape index (κ1) is 16.0. The summed E-state index contributed by atoms with van der Waals surface area (Å²) in [5.41, 5.74) is 1.42. The number of thiocarbonyl (C=S) groups is 1. The minimum absolute atomic E-state index is 0.250. The molecule has 0 aliphatic carbocycles. The standard InChI is InChI=1S/C16H13F2N5S/c17-12-6-4-11(5-7-12)9-23-10-19-15(22-23)21-16(24)20-14-3-1-2-13(18)8-14/h1-8,10H,9H2,(H2,20,21,22,24). The average Bonchev–Trinajstić information content (AvgIpc) is 2.96. The van der Waals surface area contributed by atoms with Crippen molar-refractivity contribution in [2.75, 3.05) is 10.6 Å². The molecule has 0 saturated heterocycles. The van der Waals surface area contributed by atoms with E-state index in [0.717, 1.165) is 5.56 Å². The van der Waals surface area contributed by atoms with Gasteiger partial charge in [-0.25, -0.2) is 18.4 Å². The smallest absolute Gasteiger partial charge is 0.248 e. The molecule has 3 rings (SSSR count). The Hall–Kier alpha value is -2.87. The third kappa shape index (κ3) is 4.32. The maximum Gasteiger partial charge on any atom is 0.248 e. The van der Waals surface area contributed by atoms with Crippen LogP contribution in [0.3, 0.4) is 0 Å². The number of hydrogen-bond donors (Lipinski definition) is 2. The predicted octanol–water partition coefficient (Wildman–Crippen LogP) is 3.41. The molecule has 0 bridgehead atoms. The van der Waals surface area contributed by atoms with Crippen molar-refractivity contribution in [3.8, 4) is 0 Å². The summed E-state index contributed by atoms with van der Waals surface area (Å²) < 4.78 is 27.6. The van der Waals surface area contributed by atoms with E-state index in [1.807, 2.05) is 0 Å². The number of benzene rings is 2. The Morgan fingerprint density at radius 1 is 1.04 bits per heavy atom. The molecule has 0 spiro atoms. The van der Waals surface area contributed by atoms with Gasteiger partial charge in [-0.3, -0.25) is 5.32 Å². The number of aromatic nitrogens is 3. The molecular weight excluding hydrogens is 332 g/mol. The molecule has 8 heteroatoms. The van der Waals surface area contributed by atoms with Crippen molar-refractivity contribution < 1.29 is 8.78 Å². The van der Waals surface area contributed by atoms with Gasteiger partial charge in [0.05, 0.1) is 6.54 Å². The van der Waals surface area contributed by atoms with E-state index < -0.39 is 0 Å². The van der Waals surface area contributed by atoms with E-state index in [1.165, 1.54) is 30.6 Å². The van der Waals surface area contributed by atoms with Crippen LogP contribution in [0.4, 0.5) is 20.4 Å². The number of hydrogen-bond acceptors (Lipinski definition) is 3. The lowest BCUT2D eigenvalue weighted by Gasteiger charge is -2.07. The topological polar surface area (TPSA) is 54.8 Å². The van der Waals surface area contributed by atoms with Crippen LogP contribution in [-0.4, -0.2) is 19.9 Å². The molecule has 0 amide bonds. The highest BCUT2D eigenvalue weighted by atomic mass is 32.1. The molecule has 0 aliphatic rings. The first-order valence-corrected chi connectivity index (χ1v) is 7.47. The molecule has 0 unspecified atom stereocenters. The summed E-state index contributed by atoms with van der Waals surface area (Å²) in [6.45, 7) is 0.457. The SMILES string of the molecule is Fc1ccc(Cn2cnc(NC(=S)Nc3cccc(F)c3)n2)cc1. The van der Waals surface area contributed by atoms with Crippen LogP contribution < -0.4 is 10.6 Å². The fraction of sp³-hybridized carbons (Fsp3) is 0.0625. The second kappa shape index (κ2) is 7.14. The highest BCUT2D eigenvalue weighted by Gasteiger charge is 2.05. The van der Waals surface area contributed by atoms with Crippen LogP contribution in [0, 0.1) is 11.6 Å². The highest BCUT2D eigenvalue weighted by Crippen LogP contribution is 2.10. The normalized spacial score (nSPS) is 10.4. The van der Waals surface area contributed by atoms with Gasteiger partial charge >= 0.3 is 0 Å². The Bertz CT molecular complexity index is 848. The second-order valence-electron chi connectivity index (χ2n) is 4.98. The van der Waals surface area contributed by atoms with E-state index >= 15 is 0 Å². The molecule has 5 nitrogen and oxygen atoms in total. The third-order valence-electron chi connectivity index (χ3n) is 3.10. The molecule has 0 radical (unpaired) electrons. The van der Waals surface area contributed by atoms with Crippen molar-refractivity contribution in [3.05, 3.63) is 72.1 Å². The monoisotopic (exact) mass is 345 g/mol. The lowest BCUT2D eigenvalue weighted by atomic mass is 10.2. The van der Waals surface area contributed by atoms with Crippen LogP contribution in [-0.2, 0) is 6.54 Å². The van der Waals surface area contributed by atoms with Crippen LogP contribution in [0.5, 0.6) is 0 Å². The lowest BCUT2D eigenvalue weighted by Crippen LogP contribution is -2.20. The quantitative estimate of drug-likeness (QED) is 0.710. The maximum atomic E-state index is 13.1. The van der Waals surface area contributed by atoms with E-state index in [2.05, 4.69) is 20.7 Å². The molecule has 0 atom stereocenters. The summed E-state index contributed by atoms with van der Waals surface area (Å²) in [6, 6.07) is 12.1. The predicted molar refractivity (Wildman–Crippen MR) is 91.8 cm³/mol. The van der Waals surface area contributed by atoms with Crippen molar-refractivity contribution in [1.29, 1.82) is 0 Å². The summed E-state index contributed by atoms with van der Waals surface area (Å²) in [7, 11) is 0. The maximum absolute atomic E-state index is 13.1. The van der Waals surface area contributed by atoms with Crippen LogP contribution in [0.15, 0.2) is 54.9 Å². The summed E-state index contributed by atoms with van der Waals surface area (Å²) in [4.78, 5) is 4.09. The number of nitrogens with one attached hydrogen (secondary N) is 2. The van der Waals surface area contributed by atoms with Gasteiger partial charge in [0, 0.05) is 5.69 Å². The van der Waals surface area contributed by atoms with Crippen molar-refractivity contribution in [2.24, 2.45) is 0 Å². The molecule has 122 valence electrons. The third-order valence-corrected chi connectivity index (χ3v) is 3.31. The molecule has 24 heavy (non-hydrogen) atoms. The molecule has 2 aromatic carbocycles. The average molecular weight is 345 g/mol. The van der Waals surface area contributed by atoms with Gasteiger partial charge in [0.1, 0.15) is 18.0 Å². The van der Waals surface area contributed by atoms with Gasteiger partial charge in [-0.1, -0.05) is 18.2 Å². The number of nitrogens with zero attached hydrogens (tertiary/aromatic N) is 3. The number of halogens is 2. The van der Waals surface area contributed by atoms with Gasteiger partial charge < -0.3 is 5.32 Å². The minimum Gasteiger partial charge on any atom is -0.332 e. The summed E-state index contributed by atoms with van der Waals surface area (Å²) in [6.07, 6.45) is 1.54. The fourth-order valence-corrected chi connectivity index (χ4v) is 2.24. The minimum atomic E-state index is -0.357. The van der Waals surface area contributed by atoms with Gasteiger partial charge in [-0.2, -0.15) is 0 Å². The zero-order valence-corrected chi connectivity index (χ0v) is 13.2. The Kier molecular flexibility index (Phi) is 4.76. The van der Waals surface area contributed by atoms with Crippen LogP contribution >= 0.6 is 12.2 Å². The van der Waals surface area contributed by atoms with Crippen molar-refractivity contribution in [3.63, 3.8) is 0 Å². The summed E-state index contributed by atoms with van der Waals surface area (Å²) >= 11 is 5.14. The summed E-state index contributed by atoms with van der Waals surface area (Å²) in [5.74, 6) is -0.330. The van der Waals surface area contributed by atoms with Crippen LogP contribution in [0.2, 0.25) is 0 Å². The van der Waals surface area contributed by atoms with Gasteiger partial charge in [-0.05, 0) is 48.1 Å². The largest absolute Gasteiger partial charge is 0.332 e. The van der Waals surface area contributed by atoms with Gasteiger partial charge in [0.15, 0.2) is 5.11 Å². The molecule has 1 heterocycles. The number of rotatable bonds is 4. The molecule has 1 aromatic heterocycles. The second-order valence-corrected chi connectivity index (χ2v) is 5.39. The van der Waals surface area contributed by atoms with E-state index in [-0.39, 0.29) is 16.7 Å². The first-order valence-electron chi connectivity index (χ1n) is 7.06. The highest BCUT2D eigenvalue weighted by molar-refractivity contribution is 7.80. The van der Waals surface area contributed by atoms with E-state index in [0.29, 0.717) is 18.2 Å². The van der Waals surface area contributed by atoms with Gasteiger partial charge in [0.25, 0.3) is 0 Å². The first-order chi connectivity index (χ1) is 11.6. The zero-order chi connectivity index (χ0) is 16.9. The van der Waals surface area contributed by atoms with Crippen molar-refractivity contribution in [1.82, 2.24) is 14.8 Å². The molecule has 0 saturated carbocycles. The molecule has 0 fully saturated rings. The van der Waals surface area contributed by atoms with Gasteiger partial charge in [0.2, 0.25) is 5.95 Å². The van der Waals surface area contributed by atoms with E-state index in [4.69, 9.17) is 12.2 Å². The van der Waals surface area contributed by atoms with Crippen LogP contribution in [0.25, 0.3) is 0 Å². The van der Waals surface area contributed by atoms with E-state index in [1.54, 1.807) is 28.9 Å². The van der Waals surface area contributed by atoms with E-state index in [9.17, 15) is 8.78 Å². The zero-order valence-electron chi connectivity index (χ0n) is 12.4. The fourth-order valence-electron chi connectivity index (χ4n) is 2.04. The van der Waals surface area contributed by atoms with Crippen molar-refractivity contribution >= 4 is 29.0 Å².